The number of carbonyl (C=O) groups excluding carboxylic acids is 3. The van der Waals surface area contributed by atoms with Gasteiger partial charge in [0.25, 0.3) is 0 Å². The lowest BCUT2D eigenvalue weighted by Gasteiger charge is -2.37. The Balaban J connectivity index is 0.000000170. The molecule has 0 saturated carbocycles. The molecular weight excluding hydrogens is 849 g/mol. The normalized spacial score (nSPS) is 19.6. The topological polar surface area (TPSA) is 177 Å². The van der Waals surface area contributed by atoms with Crippen LogP contribution in [0, 0.1) is 17.8 Å². The molecule has 3 amide bonds. The average Bonchev–Trinajstić information content (AvgIpc) is 4.17. The molecule has 17 heteroatoms. The van der Waals surface area contributed by atoms with E-state index in [9.17, 15) is 14.4 Å². The number of aryl methyl sites for hydroxylation is 2. The summed E-state index contributed by atoms with van der Waals surface area (Å²) in [7, 11) is 3.87. The number of anilines is 2. The summed E-state index contributed by atoms with van der Waals surface area (Å²) in [6.07, 6.45) is 4.21. The van der Waals surface area contributed by atoms with E-state index in [0.29, 0.717) is 37.7 Å². The summed E-state index contributed by atoms with van der Waals surface area (Å²) >= 11 is 0. The number of imidazole rings is 2. The molecule has 10 rings (SSSR count). The van der Waals surface area contributed by atoms with Gasteiger partial charge < -0.3 is 49.3 Å². The Labute approximate surface area is 391 Å². The van der Waals surface area contributed by atoms with Crippen molar-refractivity contribution in [1.29, 1.82) is 0 Å². The maximum atomic E-state index is 12.3. The van der Waals surface area contributed by atoms with Crippen molar-refractivity contribution in [1.82, 2.24) is 49.9 Å². The van der Waals surface area contributed by atoms with Crippen LogP contribution in [0.1, 0.15) is 40.5 Å². The molecular formula is C50H62N12O5. The van der Waals surface area contributed by atoms with Crippen LogP contribution >= 0.6 is 0 Å². The van der Waals surface area contributed by atoms with Crippen molar-refractivity contribution in [2.75, 3.05) is 75.2 Å². The van der Waals surface area contributed by atoms with E-state index in [2.05, 4.69) is 84.2 Å². The molecule has 352 valence electrons. The number of rotatable bonds is 11. The fraction of sp³-hybridized carbons (Fsp3) is 0.460. The van der Waals surface area contributed by atoms with Crippen LogP contribution in [0.5, 0.6) is 11.8 Å². The van der Waals surface area contributed by atoms with Crippen LogP contribution in [0.15, 0.2) is 73.3 Å². The first-order valence-corrected chi connectivity index (χ1v) is 23.6. The predicted molar refractivity (Wildman–Crippen MR) is 259 cm³/mol. The summed E-state index contributed by atoms with van der Waals surface area (Å²) < 4.78 is 16.5. The second-order valence-electron chi connectivity index (χ2n) is 18.6. The molecule has 67 heavy (non-hydrogen) atoms. The molecule has 4 aliphatic heterocycles. The van der Waals surface area contributed by atoms with Crippen molar-refractivity contribution in [2.24, 2.45) is 31.8 Å². The summed E-state index contributed by atoms with van der Waals surface area (Å²) in [6, 6.07) is 20.9. The van der Waals surface area contributed by atoms with Crippen LogP contribution in [0.2, 0.25) is 0 Å². The van der Waals surface area contributed by atoms with Crippen LogP contribution in [0.25, 0.3) is 44.6 Å². The zero-order valence-corrected chi connectivity index (χ0v) is 39.4. The molecule has 4 aromatic heterocycles. The van der Waals surface area contributed by atoms with Gasteiger partial charge in [-0.3, -0.25) is 14.4 Å². The minimum Gasteiger partial charge on any atom is -0.473 e. The molecule has 4 fully saturated rings. The number of carbonyl (C=O) groups is 3. The zero-order valence-electron chi connectivity index (χ0n) is 39.4. The van der Waals surface area contributed by atoms with E-state index < -0.39 is 0 Å². The third kappa shape index (κ3) is 10.0. The van der Waals surface area contributed by atoms with Gasteiger partial charge >= 0.3 is 0 Å². The number of piperazine rings is 2. The number of hydrogen-bond acceptors (Lipinski definition) is 12. The van der Waals surface area contributed by atoms with Gasteiger partial charge in [-0.25, -0.2) is 19.9 Å². The van der Waals surface area contributed by atoms with Crippen LogP contribution in [-0.4, -0.2) is 129 Å². The van der Waals surface area contributed by atoms with Crippen molar-refractivity contribution in [3.05, 3.63) is 73.3 Å². The minimum absolute atomic E-state index is 0.0361. The molecule has 0 spiro atoms. The maximum absolute atomic E-state index is 12.3. The van der Waals surface area contributed by atoms with E-state index in [4.69, 9.17) is 19.4 Å². The number of fused-ring (bicyclic) bond motifs is 2. The Hall–Kier alpha value is -6.75. The molecule has 0 radical (unpaired) electrons. The third-order valence-electron chi connectivity index (χ3n) is 13.5. The summed E-state index contributed by atoms with van der Waals surface area (Å²) in [5.41, 5.74) is 9.38. The number of nitrogens with one attached hydrogen (secondary N) is 3. The van der Waals surface area contributed by atoms with Gasteiger partial charge in [-0.2, -0.15) is 0 Å². The van der Waals surface area contributed by atoms with Crippen LogP contribution in [0.3, 0.4) is 0 Å². The lowest BCUT2D eigenvalue weighted by Crippen LogP contribution is -2.49. The van der Waals surface area contributed by atoms with Crippen LogP contribution in [-0.2, 0) is 28.5 Å². The molecule has 0 unspecified atom stereocenters. The van der Waals surface area contributed by atoms with Crippen molar-refractivity contribution >= 4 is 51.2 Å². The molecule has 4 atom stereocenters. The molecule has 2 aromatic carbocycles. The number of benzene rings is 2. The quantitative estimate of drug-likeness (QED) is 0.162. The monoisotopic (exact) mass is 910 g/mol. The highest BCUT2D eigenvalue weighted by Gasteiger charge is 2.31. The third-order valence-corrected chi connectivity index (χ3v) is 13.5. The minimum atomic E-state index is -0.159. The fourth-order valence-electron chi connectivity index (χ4n) is 9.36. The van der Waals surface area contributed by atoms with Crippen molar-refractivity contribution in [2.45, 2.75) is 52.7 Å². The Bertz CT molecular complexity index is 2720. The predicted octanol–water partition coefficient (Wildman–Crippen LogP) is 4.79. The van der Waals surface area contributed by atoms with Crippen molar-refractivity contribution in [3.63, 3.8) is 0 Å². The molecule has 17 nitrogen and oxygen atoms in total. The first kappa shape index (κ1) is 45.4. The largest absolute Gasteiger partial charge is 0.473 e. The van der Waals surface area contributed by atoms with Gasteiger partial charge in [0, 0.05) is 133 Å². The van der Waals surface area contributed by atoms with Gasteiger partial charge in [0.05, 0.1) is 35.1 Å². The first-order chi connectivity index (χ1) is 32.4. The van der Waals surface area contributed by atoms with Gasteiger partial charge in [-0.1, -0.05) is 38.1 Å². The number of ether oxygens (including phenoxy) is 2. The SMILES string of the molecule is CC(C)C(=O)N1CCN(c2ccc(-c3cc4ncn(C)c4c(O[C@H](C)[C@H]4CNC(=O)C4)n3)cc2)CC1.C[C@@H](Oc1nc(-c2ccc(N3CCNCC3)cc2)cc2ncn(C)c12)[C@H]1CNC(=O)C1. The fourth-order valence-corrected chi connectivity index (χ4v) is 9.36. The second-order valence-corrected chi connectivity index (χ2v) is 18.6. The van der Waals surface area contributed by atoms with Crippen LogP contribution < -0.4 is 35.2 Å². The van der Waals surface area contributed by atoms with E-state index in [1.165, 1.54) is 5.69 Å². The van der Waals surface area contributed by atoms with Crippen molar-refractivity contribution in [3.8, 4) is 34.3 Å². The standard InChI is InChI=1S/C27H34N6O3.C23H28N6O2/c1-17(2)27(35)33-11-9-32(10-12-33)21-7-5-19(6-8-21)22-14-23-25(31(4)16-29-23)26(30-22)36-18(3)20-13-24(34)28-15-20;1-15(17-11-21(30)25-13-17)31-23-22-20(26-14-28(22)2)12-19(27-23)16-3-5-18(6-4-16)29-9-7-24-8-10-29/h5-8,14,16-18,20H,9-13,15H2,1-4H3,(H,28,34);3-6,12,14-15,17,24H,7-11,13H2,1-2H3,(H,25,30)/t18-,20-;15-,17-/m11/s1. The summed E-state index contributed by atoms with van der Waals surface area (Å²) in [4.78, 5) is 61.1. The smallest absolute Gasteiger partial charge is 0.241 e. The van der Waals surface area contributed by atoms with Gasteiger partial charge in [-0.15, -0.1) is 0 Å². The molecule has 0 aliphatic carbocycles. The summed E-state index contributed by atoms with van der Waals surface area (Å²) in [6.45, 7) is 16.4. The van der Waals surface area contributed by atoms with Gasteiger partial charge in [0.2, 0.25) is 29.5 Å². The van der Waals surface area contributed by atoms with E-state index >= 15 is 0 Å². The van der Waals surface area contributed by atoms with Gasteiger partial charge in [-0.05, 0) is 50.2 Å². The van der Waals surface area contributed by atoms with E-state index in [1.54, 1.807) is 12.7 Å². The average molecular weight is 911 g/mol. The lowest BCUT2D eigenvalue weighted by molar-refractivity contribution is -0.134. The molecule has 4 aliphatic rings. The number of nitrogens with zero attached hydrogens (tertiary/aromatic N) is 9. The Morgan fingerprint density at radius 2 is 1.06 bits per heavy atom. The lowest BCUT2D eigenvalue weighted by atomic mass is 10.0. The molecule has 0 bridgehead atoms. The van der Waals surface area contributed by atoms with E-state index in [1.807, 2.05) is 68.0 Å². The van der Waals surface area contributed by atoms with E-state index in [0.717, 1.165) is 103 Å². The second kappa shape index (κ2) is 19.6. The summed E-state index contributed by atoms with van der Waals surface area (Å²) in [5, 5.41) is 9.15. The number of amides is 3. The van der Waals surface area contributed by atoms with Gasteiger partial charge in [0.1, 0.15) is 23.2 Å². The highest BCUT2D eigenvalue weighted by molar-refractivity contribution is 5.86. The van der Waals surface area contributed by atoms with Gasteiger partial charge in [0.15, 0.2) is 0 Å². The molecule has 4 saturated heterocycles. The number of hydrogen-bond donors (Lipinski definition) is 3. The molecule has 3 N–H and O–H groups in total. The highest BCUT2D eigenvalue weighted by atomic mass is 16.5. The Kier molecular flexibility index (Phi) is 13.3. The van der Waals surface area contributed by atoms with E-state index in [-0.39, 0.29) is 47.7 Å². The summed E-state index contributed by atoms with van der Waals surface area (Å²) in [5.74, 6) is 1.75. The first-order valence-electron chi connectivity index (χ1n) is 23.6. The highest BCUT2D eigenvalue weighted by Crippen LogP contribution is 2.34. The maximum Gasteiger partial charge on any atom is 0.241 e. The zero-order chi connectivity index (χ0) is 46.8. The molecule has 8 heterocycles. The Morgan fingerprint density at radius 1 is 0.627 bits per heavy atom. The van der Waals surface area contributed by atoms with Crippen LogP contribution in [0.4, 0.5) is 11.4 Å². The molecule has 6 aromatic rings. The Morgan fingerprint density at radius 3 is 1.46 bits per heavy atom. The van der Waals surface area contributed by atoms with Crippen molar-refractivity contribution < 1.29 is 23.9 Å². The number of pyridine rings is 2. The number of aromatic nitrogens is 6.